The van der Waals surface area contributed by atoms with E-state index in [-0.39, 0.29) is 24.9 Å². The molecular formula is C19H24FN3O2S. The van der Waals surface area contributed by atoms with Gasteiger partial charge in [-0.15, -0.1) is 11.3 Å². The molecule has 5 nitrogen and oxygen atoms in total. The van der Waals surface area contributed by atoms with Gasteiger partial charge < -0.3 is 15.0 Å². The molecule has 3 rings (SSSR count). The highest BCUT2D eigenvalue weighted by Gasteiger charge is 2.38. The Bertz CT molecular complexity index is 772. The summed E-state index contributed by atoms with van der Waals surface area (Å²) in [4.78, 5) is 18.6. The van der Waals surface area contributed by atoms with Crippen LogP contribution in [-0.2, 0) is 5.67 Å². The van der Waals surface area contributed by atoms with Crippen LogP contribution in [0.4, 0.5) is 9.18 Å². The van der Waals surface area contributed by atoms with E-state index in [1.807, 2.05) is 19.2 Å². The number of piperidine rings is 1. The quantitative estimate of drug-likeness (QED) is 0.869. The van der Waals surface area contributed by atoms with Gasteiger partial charge >= 0.3 is 6.03 Å². The second-order valence-electron chi connectivity index (χ2n) is 6.65. The van der Waals surface area contributed by atoms with Crippen molar-refractivity contribution in [3.63, 3.8) is 0 Å². The number of rotatable bonds is 4. The number of alkyl halides is 1. The molecule has 0 spiro atoms. The first-order chi connectivity index (χ1) is 12.4. The number of aryl methyl sites for hydroxylation is 1. The Kier molecular flexibility index (Phi) is 5.46. The molecule has 2 aromatic rings. The molecular weight excluding hydrogens is 353 g/mol. The molecule has 1 N–H and O–H groups in total. The van der Waals surface area contributed by atoms with Crippen LogP contribution in [0.3, 0.4) is 0 Å². The fourth-order valence-corrected chi connectivity index (χ4v) is 3.89. The molecule has 2 heterocycles. The van der Waals surface area contributed by atoms with Crippen molar-refractivity contribution in [2.24, 2.45) is 0 Å². The van der Waals surface area contributed by atoms with E-state index < -0.39 is 5.67 Å². The van der Waals surface area contributed by atoms with E-state index in [2.05, 4.69) is 10.3 Å². The van der Waals surface area contributed by atoms with Gasteiger partial charge in [0.2, 0.25) is 0 Å². The molecule has 1 aliphatic rings. The highest BCUT2D eigenvalue weighted by molar-refractivity contribution is 7.09. The number of nitrogens with one attached hydrogen (secondary N) is 1. The van der Waals surface area contributed by atoms with Crippen LogP contribution in [-0.4, -0.2) is 36.1 Å². The minimum absolute atomic E-state index is 0.164. The first-order valence-electron chi connectivity index (χ1n) is 8.72. The molecule has 140 valence electrons. The number of amides is 2. The minimum Gasteiger partial charge on any atom is -0.497 e. The van der Waals surface area contributed by atoms with Crippen molar-refractivity contribution in [1.82, 2.24) is 15.2 Å². The zero-order valence-corrected chi connectivity index (χ0v) is 16.1. The summed E-state index contributed by atoms with van der Waals surface area (Å²) >= 11 is 1.56. The number of methoxy groups -OCH3 is 1. The number of thiazole rings is 1. The van der Waals surface area contributed by atoms with Crippen LogP contribution in [0, 0.1) is 6.92 Å². The monoisotopic (exact) mass is 377 g/mol. The zero-order chi connectivity index (χ0) is 18.7. The van der Waals surface area contributed by atoms with Crippen LogP contribution < -0.4 is 10.1 Å². The van der Waals surface area contributed by atoms with E-state index in [0.29, 0.717) is 24.4 Å². The number of urea groups is 1. The number of hydrogen-bond donors (Lipinski definition) is 1. The molecule has 1 aromatic carbocycles. The summed E-state index contributed by atoms with van der Waals surface area (Å²) in [6, 6.07) is 6.79. The largest absolute Gasteiger partial charge is 0.497 e. The summed E-state index contributed by atoms with van der Waals surface area (Å²) < 4.78 is 20.6. The second kappa shape index (κ2) is 7.61. The van der Waals surface area contributed by atoms with Crippen LogP contribution in [0.5, 0.6) is 5.75 Å². The third-order valence-corrected chi connectivity index (χ3v) is 5.64. The molecule has 1 aliphatic heterocycles. The third-order valence-electron chi connectivity index (χ3n) is 4.85. The lowest BCUT2D eigenvalue weighted by Gasteiger charge is -2.37. The van der Waals surface area contributed by atoms with Gasteiger partial charge in [0.05, 0.1) is 23.9 Å². The van der Waals surface area contributed by atoms with Gasteiger partial charge in [-0.05, 0) is 31.5 Å². The number of likely N-dealkylation sites (tertiary alicyclic amines) is 1. The highest BCUT2D eigenvalue weighted by Crippen LogP contribution is 2.38. The Morgan fingerprint density at radius 1 is 1.42 bits per heavy atom. The van der Waals surface area contributed by atoms with E-state index in [1.54, 1.807) is 47.6 Å². The van der Waals surface area contributed by atoms with Crippen LogP contribution in [0.2, 0.25) is 0 Å². The number of benzene rings is 1. The molecule has 1 saturated heterocycles. The van der Waals surface area contributed by atoms with Crippen LogP contribution in [0.1, 0.15) is 42.1 Å². The van der Waals surface area contributed by atoms with Crippen molar-refractivity contribution < 1.29 is 13.9 Å². The van der Waals surface area contributed by atoms with E-state index in [1.165, 1.54) is 0 Å². The molecule has 0 radical (unpaired) electrons. The predicted octanol–water partition coefficient (Wildman–Crippen LogP) is 4.19. The molecule has 0 bridgehead atoms. The van der Waals surface area contributed by atoms with Crippen molar-refractivity contribution >= 4 is 17.4 Å². The number of carbonyl (C=O) groups is 1. The molecule has 2 amide bonds. The van der Waals surface area contributed by atoms with Gasteiger partial charge in [0.15, 0.2) is 0 Å². The van der Waals surface area contributed by atoms with Gasteiger partial charge in [0.1, 0.15) is 11.4 Å². The first kappa shape index (κ1) is 18.6. The maximum absolute atomic E-state index is 15.4. The molecule has 0 aliphatic carbocycles. The molecule has 1 fully saturated rings. The Labute approximate surface area is 157 Å². The summed E-state index contributed by atoms with van der Waals surface area (Å²) in [6.07, 6.45) is 0.551. The van der Waals surface area contributed by atoms with Crippen molar-refractivity contribution in [3.05, 3.63) is 45.9 Å². The smallest absolute Gasteiger partial charge is 0.317 e. The lowest BCUT2D eigenvalue weighted by atomic mass is 9.86. The van der Waals surface area contributed by atoms with Crippen molar-refractivity contribution in [1.29, 1.82) is 0 Å². The summed E-state index contributed by atoms with van der Waals surface area (Å²) in [6.45, 7) is 4.60. The van der Waals surface area contributed by atoms with Gasteiger partial charge in [0, 0.05) is 31.3 Å². The number of halogens is 1. The van der Waals surface area contributed by atoms with Gasteiger partial charge in [-0.3, -0.25) is 0 Å². The maximum atomic E-state index is 15.4. The SMILES string of the molecule is COc1cccc(C2(F)CCN(C(=O)NC(C)c3csc(C)n3)CC2)c1. The van der Waals surface area contributed by atoms with Gasteiger partial charge in [-0.1, -0.05) is 12.1 Å². The van der Waals surface area contributed by atoms with Gasteiger partial charge in [-0.2, -0.15) is 0 Å². The van der Waals surface area contributed by atoms with Crippen molar-refractivity contribution in [3.8, 4) is 5.75 Å². The summed E-state index contributed by atoms with van der Waals surface area (Å²) in [5.41, 5.74) is 0.0421. The number of nitrogens with zero attached hydrogens (tertiary/aromatic N) is 2. The predicted molar refractivity (Wildman–Crippen MR) is 100 cm³/mol. The zero-order valence-electron chi connectivity index (χ0n) is 15.3. The molecule has 0 saturated carbocycles. The second-order valence-corrected chi connectivity index (χ2v) is 7.71. The molecule has 1 atom stereocenters. The Balaban J connectivity index is 1.59. The van der Waals surface area contributed by atoms with E-state index in [9.17, 15) is 4.79 Å². The van der Waals surface area contributed by atoms with Gasteiger partial charge in [-0.25, -0.2) is 14.2 Å². The van der Waals surface area contributed by atoms with Crippen molar-refractivity contribution in [2.45, 2.75) is 38.4 Å². The fourth-order valence-electron chi connectivity index (χ4n) is 3.18. The minimum atomic E-state index is -1.43. The lowest BCUT2D eigenvalue weighted by molar-refractivity contribution is 0.0683. The van der Waals surface area contributed by atoms with Crippen molar-refractivity contribution in [2.75, 3.05) is 20.2 Å². The van der Waals surface area contributed by atoms with E-state index >= 15 is 4.39 Å². The molecule has 26 heavy (non-hydrogen) atoms. The summed E-state index contributed by atoms with van der Waals surface area (Å²) in [5, 5.41) is 5.88. The molecule has 7 heteroatoms. The van der Waals surface area contributed by atoms with E-state index in [0.717, 1.165) is 10.7 Å². The summed E-state index contributed by atoms with van der Waals surface area (Å²) in [7, 11) is 1.57. The highest BCUT2D eigenvalue weighted by atomic mass is 32.1. The fraction of sp³-hybridized carbons (Fsp3) is 0.474. The average Bonchev–Trinajstić information content (AvgIpc) is 3.09. The topological polar surface area (TPSA) is 54.5 Å². The number of ether oxygens (including phenoxy) is 1. The molecule has 1 aromatic heterocycles. The Morgan fingerprint density at radius 2 is 2.15 bits per heavy atom. The Morgan fingerprint density at radius 3 is 2.77 bits per heavy atom. The lowest BCUT2D eigenvalue weighted by Crippen LogP contribution is -2.48. The third kappa shape index (κ3) is 3.98. The number of carbonyl (C=O) groups excluding carboxylic acids is 1. The van der Waals surface area contributed by atoms with Crippen LogP contribution >= 0.6 is 11.3 Å². The van der Waals surface area contributed by atoms with Crippen LogP contribution in [0.25, 0.3) is 0 Å². The molecule has 1 unspecified atom stereocenters. The maximum Gasteiger partial charge on any atom is 0.317 e. The van der Waals surface area contributed by atoms with E-state index in [4.69, 9.17) is 4.74 Å². The normalized spacial score (nSPS) is 17.6. The number of aromatic nitrogens is 1. The Hall–Kier alpha value is -2.15. The first-order valence-corrected chi connectivity index (χ1v) is 9.60. The van der Waals surface area contributed by atoms with Crippen LogP contribution in [0.15, 0.2) is 29.6 Å². The van der Waals surface area contributed by atoms with Gasteiger partial charge in [0.25, 0.3) is 0 Å². The summed E-state index contributed by atoms with van der Waals surface area (Å²) in [5.74, 6) is 0.645. The average molecular weight is 377 g/mol. The number of hydrogen-bond acceptors (Lipinski definition) is 4. The standard InChI is InChI=1S/C19H24FN3O2S/c1-13(17-12-26-14(2)22-17)21-18(24)23-9-7-19(20,8-10-23)15-5-4-6-16(11-15)25-3/h4-6,11-13H,7-10H2,1-3H3,(H,21,24).